The molecular weight excluding hydrogens is 299 g/mol. The Balaban J connectivity index is 1.80. The molecule has 116 valence electrons. The minimum absolute atomic E-state index is 0.0435. The summed E-state index contributed by atoms with van der Waals surface area (Å²) in [5.74, 6) is -1.82. The van der Waals surface area contributed by atoms with Gasteiger partial charge in [-0.3, -0.25) is 0 Å². The van der Waals surface area contributed by atoms with Gasteiger partial charge in [0.2, 0.25) is 0 Å². The molecule has 22 heavy (non-hydrogen) atoms. The Morgan fingerprint density at radius 2 is 1.73 bits per heavy atom. The predicted octanol–water partition coefficient (Wildman–Crippen LogP) is 3.63. The van der Waals surface area contributed by atoms with E-state index < -0.39 is 18.4 Å². The Bertz CT molecular complexity index is 718. The fourth-order valence-electron chi connectivity index (χ4n) is 2.15. The van der Waals surface area contributed by atoms with Crippen LogP contribution in [0.2, 0.25) is 0 Å². The van der Waals surface area contributed by atoms with Gasteiger partial charge in [0.15, 0.2) is 0 Å². The predicted molar refractivity (Wildman–Crippen MR) is 72.1 cm³/mol. The normalized spacial score (nSPS) is 21.6. The molecule has 0 radical (unpaired) electrons. The lowest BCUT2D eigenvalue weighted by Crippen LogP contribution is -2.45. The van der Waals surface area contributed by atoms with Gasteiger partial charge in [0.05, 0.1) is 12.1 Å². The SMILES string of the molecule is Cc1ccc(-c2ccc(C3=NOC(O)(C(F)(F)F)C3)cc2)o1. The van der Waals surface area contributed by atoms with Crippen LogP contribution in [0.1, 0.15) is 17.7 Å². The first-order valence-electron chi connectivity index (χ1n) is 6.50. The van der Waals surface area contributed by atoms with E-state index in [4.69, 9.17) is 4.42 Å². The zero-order valence-corrected chi connectivity index (χ0v) is 11.5. The van der Waals surface area contributed by atoms with E-state index in [0.717, 1.165) is 11.3 Å². The Hall–Kier alpha value is -2.28. The zero-order chi connectivity index (χ0) is 16.0. The monoisotopic (exact) mass is 311 g/mol. The fraction of sp³-hybridized carbons (Fsp3) is 0.267. The molecule has 4 nitrogen and oxygen atoms in total. The van der Waals surface area contributed by atoms with E-state index in [1.54, 1.807) is 24.3 Å². The fourth-order valence-corrected chi connectivity index (χ4v) is 2.15. The maximum absolute atomic E-state index is 12.7. The third-order valence-electron chi connectivity index (χ3n) is 3.40. The van der Waals surface area contributed by atoms with Crippen molar-refractivity contribution in [3.8, 4) is 11.3 Å². The highest BCUT2D eigenvalue weighted by atomic mass is 19.4. The maximum atomic E-state index is 12.7. The van der Waals surface area contributed by atoms with Crippen molar-refractivity contribution < 1.29 is 27.5 Å². The highest BCUT2D eigenvalue weighted by Gasteiger charge is 2.60. The summed E-state index contributed by atoms with van der Waals surface area (Å²) in [4.78, 5) is 4.19. The van der Waals surface area contributed by atoms with Crippen molar-refractivity contribution in [1.82, 2.24) is 0 Å². The van der Waals surface area contributed by atoms with Crippen LogP contribution in [0.5, 0.6) is 0 Å². The van der Waals surface area contributed by atoms with E-state index in [-0.39, 0.29) is 5.71 Å². The number of nitrogens with zero attached hydrogens (tertiary/aromatic N) is 1. The van der Waals surface area contributed by atoms with Gasteiger partial charge in [-0.15, -0.1) is 0 Å². The minimum Gasteiger partial charge on any atom is -0.461 e. The van der Waals surface area contributed by atoms with Crippen molar-refractivity contribution in [2.45, 2.75) is 25.3 Å². The molecule has 0 aliphatic carbocycles. The highest BCUT2D eigenvalue weighted by molar-refractivity contribution is 6.01. The molecule has 1 aliphatic rings. The van der Waals surface area contributed by atoms with Crippen LogP contribution in [0.15, 0.2) is 46.0 Å². The first-order valence-corrected chi connectivity index (χ1v) is 6.50. The van der Waals surface area contributed by atoms with Gasteiger partial charge >= 0.3 is 12.0 Å². The van der Waals surface area contributed by atoms with Crippen LogP contribution >= 0.6 is 0 Å². The Labute approximate surface area is 123 Å². The second-order valence-corrected chi connectivity index (χ2v) is 5.08. The third-order valence-corrected chi connectivity index (χ3v) is 3.40. The van der Waals surface area contributed by atoms with Crippen LogP contribution in [0.3, 0.4) is 0 Å². The highest BCUT2D eigenvalue weighted by Crippen LogP contribution is 2.39. The number of hydrogen-bond acceptors (Lipinski definition) is 4. The molecule has 1 aromatic carbocycles. The molecule has 1 unspecified atom stereocenters. The first kappa shape index (κ1) is 14.6. The summed E-state index contributed by atoms with van der Waals surface area (Å²) < 4.78 is 43.5. The van der Waals surface area contributed by atoms with Gasteiger partial charge in [0.1, 0.15) is 11.5 Å². The van der Waals surface area contributed by atoms with E-state index in [9.17, 15) is 18.3 Å². The van der Waals surface area contributed by atoms with Gasteiger partial charge in [-0.2, -0.15) is 13.2 Å². The largest absolute Gasteiger partial charge is 0.461 e. The van der Waals surface area contributed by atoms with E-state index in [2.05, 4.69) is 9.99 Å². The molecule has 1 aliphatic heterocycles. The van der Waals surface area contributed by atoms with Crippen molar-refractivity contribution in [3.05, 3.63) is 47.7 Å². The number of rotatable bonds is 2. The number of aryl methyl sites for hydroxylation is 1. The lowest BCUT2D eigenvalue weighted by Gasteiger charge is -2.22. The molecule has 1 aromatic heterocycles. The van der Waals surface area contributed by atoms with E-state index in [1.807, 2.05) is 19.1 Å². The number of aliphatic hydroxyl groups is 1. The van der Waals surface area contributed by atoms with E-state index in [1.165, 1.54) is 0 Å². The van der Waals surface area contributed by atoms with Gasteiger partial charge in [0.25, 0.3) is 0 Å². The van der Waals surface area contributed by atoms with Gasteiger partial charge in [-0.25, -0.2) is 0 Å². The van der Waals surface area contributed by atoms with Crippen molar-refractivity contribution in [1.29, 1.82) is 0 Å². The van der Waals surface area contributed by atoms with E-state index in [0.29, 0.717) is 11.3 Å². The molecule has 1 atom stereocenters. The summed E-state index contributed by atoms with van der Waals surface area (Å²) in [5, 5.41) is 12.8. The lowest BCUT2D eigenvalue weighted by molar-refractivity contribution is -0.355. The minimum atomic E-state index is -4.90. The van der Waals surface area contributed by atoms with E-state index >= 15 is 0 Å². The van der Waals surface area contributed by atoms with Gasteiger partial charge in [-0.05, 0) is 24.6 Å². The van der Waals surface area contributed by atoms with Crippen LogP contribution < -0.4 is 0 Å². The van der Waals surface area contributed by atoms with Crippen molar-refractivity contribution in [2.24, 2.45) is 5.16 Å². The van der Waals surface area contributed by atoms with Crippen LogP contribution in [-0.2, 0) is 4.84 Å². The number of furan rings is 1. The number of oxime groups is 1. The summed E-state index contributed by atoms with van der Waals surface area (Å²) in [5.41, 5.74) is 1.29. The average molecular weight is 311 g/mol. The summed E-state index contributed by atoms with van der Waals surface area (Å²) in [7, 11) is 0. The van der Waals surface area contributed by atoms with Crippen molar-refractivity contribution in [3.63, 3.8) is 0 Å². The molecule has 3 rings (SSSR count). The topological polar surface area (TPSA) is 55.0 Å². The number of alkyl halides is 3. The zero-order valence-electron chi connectivity index (χ0n) is 11.5. The molecule has 0 amide bonds. The summed E-state index contributed by atoms with van der Waals surface area (Å²) in [6.45, 7) is 1.82. The maximum Gasteiger partial charge on any atom is 0.458 e. The molecule has 0 spiro atoms. The van der Waals surface area contributed by atoms with Gasteiger partial charge in [0, 0.05) is 5.56 Å². The summed E-state index contributed by atoms with van der Waals surface area (Å²) in [6, 6.07) is 10.3. The Morgan fingerprint density at radius 1 is 1.09 bits per heavy atom. The Kier molecular flexibility index (Phi) is 3.25. The van der Waals surface area contributed by atoms with Crippen LogP contribution in [-0.4, -0.2) is 22.8 Å². The molecule has 1 N–H and O–H groups in total. The second kappa shape index (κ2) is 4.88. The van der Waals surface area contributed by atoms with Gasteiger partial charge in [-0.1, -0.05) is 29.4 Å². The average Bonchev–Trinajstić information content (AvgIpc) is 3.06. The van der Waals surface area contributed by atoms with Crippen LogP contribution in [0, 0.1) is 6.92 Å². The standard InChI is InChI=1S/C15H12F3NO3/c1-9-2-7-13(21-9)11-5-3-10(4-6-11)12-8-14(20,22-19-12)15(16,17)18/h2-7,20H,8H2,1H3. The molecule has 2 heterocycles. The second-order valence-electron chi connectivity index (χ2n) is 5.08. The molecule has 0 fully saturated rings. The number of benzene rings is 1. The van der Waals surface area contributed by atoms with Crippen LogP contribution in [0.4, 0.5) is 13.2 Å². The molecular formula is C15H12F3NO3. The third kappa shape index (κ3) is 2.48. The number of halogens is 3. The summed E-state index contributed by atoms with van der Waals surface area (Å²) in [6.07, 6.45) is -5.64. The van der Waals surface area contributed by atoms with Gasteiger partial charge < -0.3 is 14.4 Å². The number of hydrogen-bond donors (Lipinski definition) is 1. The molecule has 2 aromatic rings. The van der Waals surface area contributed by atoms with Crippen molar-refractivity contribution >= 4 is 5.71 Å². The molecule has 0 saturated carbocycles. The van der Waals surface area contributed by atoms with Crippen LogP contribution in [0.25, 0.3) is 11.3 Å². The summed E-state index contributed by atoms with van der Waals surface area (Å²) >= 11 is 0. The smallest absolute Gasteiger partial charge is 0.458 e. The quantitative estimate of drug-likeness (QED) is 0.921. The lowest BCUT2D eigenvalue weighted by atomic mass is 10.0. The molecule has 0 saturated heterocycles. The Morgan fingerprint density at radius 3 is 2.23 bits per heavy atom. The molecule has 7 heteroatoms. The molecule has 0 bridgehead atoms. The van der Waals surface area contributed by atoms with Crippen molar-refractivity contribution in [2.75, 3.05) is 0 Å². The first-order chi connectivity index (χ1) is 10.3.